The average Bonchev–Trinajstić information content (AvgIpc) is 2.56. The normalized spacial score (nSPS) is 12.0. The minimum atomic E-state index is -3.70. The molecule has 0 aliphatic carbocycles. The van der Waals surface area contributed by atoms with Crippen molar-refractivity contribution >= 4 is 27.6 Å². The van der Waals surface area contributed by atoms with Gasteiger partial charge in [0.15, 0.2) is 5.96 Å². The van der Waals surface area contributed by atoms with Crippen molar-refractivity contribution in [2.45, 2.75) is 18.0 Å². The maximum atomic E-state index is 11.4. The number of rotatable bonds is 5. The fourth-order valence-corrected chi connectivity index (χ4v) is 2.74. The number of sulfonamides is 1. The van der Waals surface area contributed by atoms with E-state index in [1.807, 2.05) is 30.3 Å². The molecule has 0 fully saturated rings. The largest absolute Gasteiger partial charge is 0.352 e. The number of aliphatic imine (C=N–C) groups is 1. The lowest BCUT2D eigenvalue weighted by atomic mass is 10.2. The lowest BCUT2D eigenvalue weighted by Gasteiger charge is -2.12. The summed E-state index contributed by atoms with van der Waals surface area (Å²) in [5, 5.41) is 12.1. The summed E-state index contributed by atoms with van der Waals surface area (Å²) in [6, 6.07) is 14.0. The topological polar surface area (TPSA) is 96.6 Å². The zero-order valence-corrected chi connectivity index (χ0v) is 14.7. The van der Waals surface area contributed by atoms with Crippen molar-refractivity contribution in [2.75, 3.05) is 7.05 Å². The van der Waals surface area contributed by atoms with Crippen LogP contribution >= 0.6 is 11.6 Å². The summed E-state index contributed by atoms with van der Waals surface area (Å²) in [6.45, 7) is 1.01. The molecule has 0 radical (unpaired) electrons. The molecule has 4 N–H and O–H groups in total. The fourth-order valence-electron chi connectivity index (χ4n) is 2.03. The van der Waals surface area contributed by atoms with Crippen LogP contribution in [0, 0.1) is 0 Å². The second kappa shape index (κ2) is 8.14. The van der Waals surface area contributed by atoms with Gasteiger partial charge >= 0.3 is 0 Å². The van der Waals surface area contributed by atoms with Crippen molar-refractivity contribution in [2.24, 2.45) is 10.1 Å². The Morgan fingerprint density at radius 3 is 2.29 bits per heavy atom. The molecule has 0 bridgehead atoms. The van der Waals surface area contributed by atoms with Gasteiger partial charge in [0.05, 0.1) is 4.90 Å². The van der Waals surface area contributed by atoms with Gasteiger partial charge in [-0.3, -0.25) is 4.99 Å². The number of benzene rings is 2. The van der Waals surface area contributed by atoms with Crippen LogP contribution < -0.4 is 15.8 Å². The minimum absolute atomic E-state index is 0.0888. The molecular formula is C16H19ClN4O2S. The number of primary sulfonamides is 1. The highest BCUT2D eigenvalue weighted by Crippen LogP contribution is 2.10. The summed E-state index contributed by atoms with van der Waals surface area (Å²) in [5.41, 5.74) is 1.86. The third-order valence-electron chi connectivity index (χ3n) is 3.28. The van der Waals surface area contributed by atoms with E-state index in [9.17, 15) is 8.42 Å². The number of nitrogens with one attached hydrogen (secondary N) is 2. The van der Waals surface area contributed by atoms with Crippen molar-refractivity contribution in [1.29, 1.82) is 0 Å². The van der Waals surface area contributed by atoms with Crippen molar-refractivity contribution in [1.82, 2.24) is 10.6 Å². The molecule has 0 aromatic heterocycles. The first-order chi connectivity index (χ1) is 11.4. The standard InChI is InChI=1S/C16H19ClN4O2S/c1-19-16(20-10-12-5-7-14(17)8-6-12)21-11-13-3-2-4-15(9-13)24(18,22)23/h2-9H,10-11H2,1H3,(H2,18,22,23)(H2,19,20,21). The molecule has 0 saturated carbocycles. The van der Waals surface area contributed by atoms with Crippen LogP contribution in [0.5, 0.6) is 0 Å². The van der Waals surface area contributed by atoms with E-state index in [2.05, 4.69) is 15.6 Å². The summed E-state index contributed by atoms with van der Waals surface area (Å²) in [7, 11) is -2.04. The number of hydrogen-bond acceptors (Lipinski definition) is 3. The molecule has 24 heavy (non-hydrogen) atoms. The quantitative estimate of drug-likeness (QED) is 0.555. The minimum Gasteiger partial charge on any atom is -0.352 e. The van der Waals surface area contributed by atoms with Crippen molar-refractivity contribution < 1.29 is 8.42 Å². The Hall–Kier alpha value is -2.09. The van der Waals surface area contributed by atoms with Crippen LogP contribution in [0.1, 0.15) is 11.1 Å². The zero-order valence-electron chi connectivity index (χ0n) is 13.2. The van der Waals surface area contributed by atoms with E-state index in [-0.39, 0.29) is 4.90 Å². The predicted octanol–water partition coefficient (Wildman–Crippen LogP) is 1.85. The molecule has 0 heterocycles. The Morgan fingerprint density at radius 2 is 1.71 bits per heavy atom. The first-order valence-electron chi connectivity index (χ1n) is 7.19. The van der Waals surface area contributed by atoms with Gasteiger partial charge in [0.2, 0.25) is 10.0 Å². The summed E-state index contributed by atoms with van der Waals surface area (Å²) in [4.78, 5) is 4.22. The van der Waals surface area contributed by atoms with Gasteiger partial charge in [-0.25, -0.2) is 13.6 Å². The number of halogens is 1. The number of nitrogens with two attached hydrogens (primary N) is 1. The van der Waals surface area contributed by atoms with Crippen LogP contribution in [-0.4, -0.2) is 21.4 Å². The van der Waals surface area contributed by atoms with Crippen LogP contribution in [0.15, 0.2) is 58.4 Å². The summed E-state index contributed by atoms with van der Waals surface area (Å²) < 4.78 is 22.7. The summed E-state index contributed by atoms with van der Waals surface area (Å²) >= 11 is 5.86. The molecule has 8 heteroatoms. The van der Waals surface area contributed by atoms with E-state index in [0.717, 1.165) is 11.1 Å². The van der Waals surface area contributed by atoms with Gasteiger partial charge in [-0.05, 0) is 35.4 Å². The lowest BCUT2D eigenvalue weighted by Crippen LogP contribution is -2.36. The van der Waals surface area contributed by atoms with Crippen LogP contribution in [0.25, 0.3) is 0 Å². The van der Waals surface area contributed by atoms with Gasteiger partial charge < -0.3 is 10.6 Å². The fraction of sp³-hybridized carbons (Fsp3) is 0.188. The molecule has 0 saturated heterocycles. The maximum absolute atomic E-state index is 11.4. The summed E-state index contributed by atoms with van der Waals surface area (Å²) in [6.07, 6.45) is 0. The maximum Gasteiger partial charge on any atom is 0.238 e. The Morgan fingerprint density at radius 1 is 1.08 bits per heavy atom. The molecule has 128 valence electrons. The molecule has 2 aromatic rings. The molecule has 0 amide bonds. The average molecular weight is 367 g/mol. The van der Waals surface area contributed by atoms with Crippen LogP contribution in [0.2, 0.25) is 5.02 Å². The van der Waals surface area contributed by atoms with Crippen molar-refractivity contribution in [3.63, 3.8) is 0 Å². The van der Waals surface area contributed by atoms with Gasteiger partial charge in [-0.15, -0.1) is 0 Å². The second-order valence-electron chi connectivity index (χ2n) is 5.10. The Kier molecular flexibility index (Phi) is 6.19. The third-order valence-corrected chi connectivity index (χ3v) is 4.45. The Bertz CT molecular complexity index is 820. The molecule has 6 nitrogen and oxygen atoms in total. The second-order valence-corrected chi connectivity index (χ2v) is 7.10. The van der Waals surface area contributed by atoms with Gasteiger partial charge in [0.1, 0.15) is 0 Å². The SMILES string of the molecule is CN=C(NCc1ccc(Cl)cc1)NCc1cccc(S(N)(=O)=O)c1. The highest BCUT2D eigenvalue weighted by atomic mass is 35.5. The number of guanidine groups is 1. The van der Waals surface area contributed by atoms with Gasteiger partial charge in [-0.1, -0.05) is 35.9 Å². The van der Waals surface area contributed by atoms with Gasteiger partial charge in [0.25, 0.3) is 0 Å². The van der Waals surface area contributed by atoms with Gasteiger partial charge in [-0.2, -0.15) is 0 Å². The van der Waals surface area contributed by atoms with E-state index < -0.39 is 10.0 Å². The van der Waals surface area contributed by atoms with Crippen molar-refractivity contribution in [3.05, 3.63) is 64.7 Å². The number of hydrogen-bond donors (Lipinski definition) is 3. The van der Waals surface area contributed by atoms with Gasteiger partial charge in [0, 0.05) is 25.2 Å². The molecular weight excluding hydrogens is 348 g/mol. The van der Waals surface area contributed by atoms with Crippen LogP contribution in [-0.2, 0) is 23.1 Å². The molecule has 0 aliphatic rings. The van der Waals surface area contributed by atoms with E-state index in [1.54, 1.807) is 13.1 Å². The molecule has 0 unspecified atom stereocenters. The highest BCUT2D eigenvalue weighted by molar-refractivity contribution is 7.89. The van der Waals surface area contributed by atoms with Crippen LogP contribution in [0.3, 0.4) is 0 Å². The molecule has 0 aliphatic heterocycles. The molecule has 2 aromatic carbocycles. The van der Waals surface area contributed by atoms with E-state index in [1.165, 1.54) is 12.1 Å². The lowest BCUT2D eigenvalue weighted by molar-refractivity contribution is 0.597. The smallest absolute Gasteiger partial charge is 0.238 e. The Labute approximate surface area is 146 Å². The molecule has 0 atom stereocenters. The molecule has 2 rings (SSSR count). The number of nitrogens with zero attached hydrogens (tertiary/aromatic N) is 1. The highest BCUT2D eigenvalue weighted by Gasteiger charge is 2.08. The summed E-state index contributed by atoms with van der Waals surface area (Å²) in [5.74, 6) is 0.603. The predicted molar refractivity (Wildman–Crippen MR) is 96.3 cm³/mol. The van der Waals surface area contributed by atoms with Crippen LogP contribution in [0.4, 0.5) is 0 Å². The van der Waals surface area contributed by atoms with E-state index in [0.29, 0.717) is 24.1 Å². The Balaban J connectivity index is 1.93. The first-order valence-corrected chi connectivity index (χ1v) is 9.11. The zero-order chi connectivity index (χ0) is 17.6. The van der Waals surface area contributed by atoms with E-state index >= 15 is 0 Å². The first kappa shape index (κ1) is 18.3. The molecule has 0 spiro atoms. The van der Waals surface area contributed by atoms with Crippen molar-refractivity contribution in [3.8, 4) is 0 Å². The third kappa shape index (κ3) is 5.52. The van der Waals surface area contributed by atoms with E-state index in [4.69, 9.17) is 16.7 Å². The monoisotopic (exact) mass is 366 g/mol.